The molecule has 0 aliphatic carbocycles. The highest BCUT2D eigenvalue weighted by Crippen LogP contribution is 2.25. The highest BCUT2D eigenvalue weighted by Gasteiger charge is 2.17. The van der Waals surface area contributed by atoms with E-state index < -0.39 is 6.04 Å². The molecular formula is C16H15N3OS2. The fraction of sp³-hybridized carbons (Fsp3) is 0.125. The monoisotopic (exact) mass is 329 g/mol. The van der Waals surface area contributed by atoms with E-state index in [9.17, 15) is 4.79 Å². The average molecular weight is 329 g/mol. The number of nitrogens with zero attached hydrogens (tertiary/aromatic N) is 1. The van der Waals surface area contributed by atoms with Crippen LogP contribution in [0.3, 0.4) is 0 Å². The Morgan fingerprint density at radius 1 is 1.23 bits per heavy atom. The van der Waals surface area contributed by atoms with Gasteiger partial charge in [-0.05, 0) is 17.0 Å². The molecule has 0 saturated carbocycles. The third-order valence-corrected chi connectivity index (χ3v) is 4.85. The van der Waals surface area contributed by atoms with Gasteiger partial charge in [0, 0.05) is 22.9 Å². The number of thiophene rings is 1. The summed E-state index contributed by atoms with van der Waals surface area (Å²) in [4.78, 5) is 16.2. The van der Waals surface area contributed by atoms with Gasteiger partial charge in [-0.2, -0.15) is 11.3 Å². The Balaban J connectivity index is 1.69. The van der Waals surface area contributed by atoms with Crippen LogP contribution < -0.4 is 11.1 Å². The second-order valence-corrected chi connectivity index (χ2v) is 6.42. The number of aromatic nitrogens is 1. The van der Waals surface area contributed by atoms with Crippen molar-refractivity contribution in [2.45, 2.75) is 12.6 Å². The van der Waals surface area contributed by atoms with Crippen molar-refractivity contribution in [3.05, 3.63) is 63.8 Å². The van der Waals surface area contributed by atoms with Gasteiger partial charge >= 0.3 is 0 Å². The zero-order chi connectivity index (χ0) is 15.4. The van der Waals surface area contributed by atoms with E-state index in [1.807, 2.05) is 41.1 Å². The lowest BCUT2D eigenvalue weighted by molar-refractivity contribution is -0.120. The molecule has 0 spiro atoms. The van der Waals surface area contributed by atoms with Crippen molar-refractivity contribution in [3.8, 4) is 10.6 Å². The smallest absolute Gasteiger partial charge is 0.239 e. The molecule has 4 nitrogen and oxygen atoms in total. The van der Waals surface area contributed by atoms with Gasteiger partial charge in [0.1, 0.15) is 11.0 Å². The number of hydrogen-bond donors (Lipinski definition) is 2. The lowest BCUT2D eigenvalue weighted by atomic mass is 10.1. The SMILES string of the molecule is NC(=O)[C@H](NCc1csc(-c2ccsc2)n1)c1ccccc1. The van der Waals surface area contributed by atoms with E-state index >= 15 is 0 Å². The van der Waals surface area contributed by atoms with Crippen LogP contribution in [0.2, 0.25) is 0 Å². The largest absolute Gasteiger partial charge is 0.368 e. The Kier molecular flexibility index (Phi) is 4.62. The van der Waals surface area contributed by atoms with Crippen molar-refractivity contribution in [2.24, 2.45) is 5.73 Å². The maximum atomic E-state index is 11.7. The van der Waals surface area contributed by atoms with E-state index in [0.29, 0.717) is 6.54 Å². The van der Waals surface area contributed by atoms with Gasteiger partial charge in [-0.1, -0.05) is 30.3 Å². The Bertz CT molecular complexity index is 738. The number of hydrogen-bond acceptors (Lipinski definition) is 5. The number of carbonyl (C=O) groups excluding carboxylic acids is 1. The summed E-state index contributed by atoms with van der Waals surface area (Å²) < 4.78 is 0. The van der Waals surface area contributed by atoms with Crippen molar-refractivity contribution in [1.29, 1.82) is 0 Å². The summed E-state index contributed by atoms with van der Waals surface area (Å²) in [6.07, 6.45) is 0. The molecule has 6 heteroatoms. The summed E-state index contributed by atoms with van der Waals surface area (Å²) in [5.41, 5.74) is 8.41. The minimum Gasteiger partial charge on any atom is -0.368 e. The lowest BCUT2D eigenvalue weighted by Crippen LogP contribution is -2.33. The molecule has 2 aromatic heterocycles. The van der Waals surface area contributed by atoms with Crippen LogP contribution in [0.25, 0.3) is 10.6 Å². The van der Waals surface area contributed by atoms with Gasteiger partial charge in [-0.3, -0.25) is 10.1 Å². The van der Waals surface area contributed by atoms with Crippen molar-refractivity contribution in [3.63, 3.8) is 0 Å². The minimum atomic E-state index is -0.507. The molecule has 3 rings (SSSR count). The number of rotatable bonds is 6. The first-order valence-electron chi connectivity index (χ1n) is 6.78. The van der Waals surface area contributed by atoms with E-state index in [1.165, 1.54) is 0 Å². The standard InChI is InChI=1S/C16H15N3OS2/c17-15(20)14(11-4-2-1-3-5-11)18-8-13-10-22-16(19-13)12-6-7-21-9-12/h1-7,9-10,14,18H,8H2,(H2,17,20)/t14-/m1/s1. The Morgan fingerprint density at radius 3 is 2.73 bits per heavy atom. The maximum Gasteiger partial charge on any atom is 0.239 e. The molecule has 0 aliphatic rings. The summed E-state index contributed by atoms with van der Waals surface area (Å²) in [6.45, 7) is 0.503. The van der Waals surface area contributed by atoms with Crippen molar-refractivity contribution in [2.75, 3.05) is 0 Å². The molecule has 0 saturated heterocycles. The summed E-state index contributed by atoms with van der Waals surface area (Å²) in [7, 11) is 0. The molecule has 2 heterocycles. The predicted molar refractivity (Wildman–Crippen MR) is 90.6 cm³/mol. The predicted octanol–water partition coefficient (Wildman–Crippen LogP) is 3.19. The molecule has 0 fully saturated rings. The van der Waals surface area contributed by atoms with E-state index in [1.54, 1.807) is 22.7 Å². The molecule has 1 aromatic carbocycles. The van der Waals surface area contributed by atoms with Crippen molar-refractivity contribution < 1.29 is 4.79 Å². The van der Waals surface area contributed by atoms with Crippen LogP contribution in [-0.4, -0.2) is 10.9 Å². The van der Waals surface area contributed by atoms with Crippen LogP contribution in [0.1, 0.15) is 17.3 Å². The fourth-order valence-corrected chi connectivity index (χ4v) is 3.67. The number of benzene rings is 1. The number of amides is 1. The van der Waals surface area contributed by atoms with Crippen LogP contribution in [0.5, 0.6) is 0 Å². The van der Waals surface area contributed by atoms with Crippen LogP contribution in [0.4, 0.5) is 0 Å². The number of carbonyl (C=O) groups is 1. The normalized spacial score (nSPS) is 12.2. The first kappa shape index (κ1) is 14.9. The Hall–Kier alpha value is -2.02. The lowest BCUT2D eigenvalue weighted by Gasteiger charge is -2.14. The van der Waals surface area contributed by atoms with E-state index in [4.69, 9.17) is 5.73 Å². The highest BCUT2D eigenvalue weighted by atomic mass is 32.1. The molecule has 3 aromatic rings. The number of thiazole rings is 1. The fourth-order valence-electron chi connectivity index (χ4n) is 2.14. The van der Waals surface area contributed by atoms with Crippen molar-refractivity contribution in [1.82, 2.24) is 10.3 Å². The summed E-state index contributed by atoms with van der Waals surface area (Å²) in [5, 5.41) is 10.3. The number of nitrogens with two attached hydrogens (primary N) is 1. The Morgan fingerprint density at radius 2 is 2.05 bits per heavy atom. The van der Waals surface area contributed by atoms with Gasteiger partial charge < -0.3 is 5.73 Å². The first-order valence-corrected chi connectivity index (χ1v) is 8.61. The average Bonchev–Trinajstić information content (AvgIpc) is 3.19. The van der Waals surface area contributed by atoms with Crippen LogP contribution in [-0.2, 0) is 11.3 Å². The number of nitrogens with one attached hydrogen (secondary N) is 1. The molecule has 3 N–H and O–H groups in total. The molecular weight excluding hydrogens is 314 g/mol. The molecule has 0 aliphatic heterocycles. The van der Waals surface area contributed by atoms with Gasteiger partial charge in [0.15, 0.2) is 0 Å². The first-order chi connectivity index (χ1) is 10.7. The van der Waals surface area contributed by atoms with Gasteiger partial charge in [-0.15, -0.1) is 11.3 Å². The molecule has 0 unspecified atom stereocenters. The second-order valence-electron chi connectivity index (χ2n) is 4.78. The van der Waals surface area contributed by atoms with E-state index in [2.05, 4.69) is 21.7 Å². The third kappa shape index (κ3) is 3.41. The minimum absolute atomic E-state index is 0.389. The van der Waals surface area contributed by atoms with Gasteiger partial charge in [0.05, 0.1) is 5.69 Å². The zero-order valence-electron chi connectivity index (χ0n) is 11.7. The van der Waals surface area contributed by atoms with Gasteiger partial charge in [-0.25, -0.2) is 4.98 Å². The third-order valence-electron chi connectivity index (χ3n) is 3.22. The quantitative estimate of drug-likeness (QED) is 0.730. The molecule has 0 bridgehead atoms. The van der Waals surface area contributed by atoms with Crippen LogP contribution >= 0.6 is 22.7 Å². The zero-order valence-corrected chi connectivity index (χ0v) is 13.4. The summed E-state index contributed by atoms with van der Waals surface area (Å²) in [5.74, 6) is -0.389. The highest BCUT2D eigenvalue weighted by molar-refractivity contribution is 7.14. The molecule has 0 radical (unpaired) electrons. The van der Waals surface area contributed by atoms with Gasteiger partial charge in [0.25, 0.3) is 0 Å². The van der Waals surface area contributed by atoms with Crippen LogP contribution in [0.15, 0.2) is 52.5 Å². The molecule has 112 valence electrons. The second kappa shape index (κ2) is 6.83. The maximum absolute atomic E-state index is 11.7. The molecule has 1 atom stereocenters. The topological polar surface area (TPSA) is 68.0 Å². The van der Waals surface area contributed by atoms with Crippen LogP contribution in [0, 0.1) is 0 Å². The summed E-state index contributed by atoms with van der Waals surface area (Å²) >= 11 is 3.26. The van der Waals surface area contributed by atoms with Gasteiger partial charge in [0.2, 0.25) is 5.91 Å². The molecule has 1 amide bonds. The van der Waals surface area contributed by atoms with E-state index in [0.717, 1.165) is 21.8 Å². The van der Waals surface area contributed by atoms with Crippen molar-refractivity contribution >= 4 is 28.6 Å². The Labute approximate surface area is 136 Å². The van der Waals surface area contributed by atoms with E-state index in [-0.39, 0.29) is 5.91 Å². The number of primary amides is 1. The molecule has 22 heavy (non-hydrogen) atoms. The summed E-state index contributed by atoms with van der Waals surface area (Å²) in [6, 6.07) is 11.0.